The lowest BCUT2D eigenvalue weighted by molar-refractivity contribution is -0.138. The Morgan fingerprint density at radius 3 is 2.63 bits per heavy atom. The molecule has 0 heterocycles. The molecule has 0 fully saturated rings. The fourth-order valence-corrected chi connectivity index (χ4v) is 2.02. The van der Waals surface area contributed by atoms with E-state index in [1.54, 1.807) is 11.9 Å². The van der Waals surface area contributed by atoms with E-state index < -0.39 is 5.97 Å². The van der Waals surface area contributed by atoms with Gasteiger partial charge < -0.3 is 14.9 Å². The summed E-state index contributed by atoms with van der Waals surface area (Å²) in [5, 5.41) is 18.8. The Labute approximate surface area is 113 Å². The summed E-state index contributed by atoms with van der Waals surface area (Å²) >= 11 is 0. The fraction of sp³-hybridized carbons (Fsp3) is 0.500. The molecule has 106 valence electrons. The summed E-state index contributed by atoms with van der Waals surface area (Å²) in [5.41, 5.74) is 1.77. The number of carboxylic acids is 1. The molecule has 1 aromatic carbocycles. The van der Waals surface area contributed by atoms with Crippen molar-refractivity contribution < 1.29 is 19.7 Å². The van der Waals surface area contributed by atoms with Crippen LogP contribution in [0.2, 0.25) is 0 Å². The molecular formula is C14H21NO4. The molecule has 0 bridgehead atoms. The van der Waals surface area contributed by atoms with Gasteiger partial charge in [-0.2, -0.15) is 0 Å². The lowest BCUT2D eigenvalue weighted by Crippen LogP contribution is -2.25. The minimum Gasteiger partial charge on any atom is -0.504 e. The van der Waals surface area contributed by atoms with E-state index in [0.29, 0.717) is 17.9 Å². The molecule has 5 nitrogen and oxygen atoms in total. The summed E-state index contributed by atoms with van der Waals surface area (Å²) in [7, 11) is 3.21. The second kappa shape index (κ2) is 6.99. The average molecular weight is 267 g/mol. The van der Waals surface area contributed by atoms with Crippen LogP contribution in [0.4, 0.5) is 0 Å². The third-order valence-corrected chi connectivity index (χ3v) is 2.82. The second-order valence-electron chi connectivity index (χ2n) is 4.62. The van der Waals surface area contributed by atoms with Gasteiger partial charge in [0.05, 0.1) is 13.7 Å². The number of aryl methyl sites for hydroxylation is 1. The smallest absolute Gasteiger partial charge is 0.317 e. The van der Waals surface area contributed by atoms with E-state index in [4.69, 9.17) is 9.84 Å². The molecule has 0 aromatic heterocycles. The molecule has 0 radical (unpaired) electrons. The van der Waals surface area contributed by atoms with Gasteiger partial charge in [-0.25, -0.2) is 0 Å². The van der Waals surface area contributed by atoms with Crippen molar-refractivity contribution >= 4 is 5.97 Å². The van der Waals surface area contributed by atoms with E-state index in [1.807, 2.05) is 12.1 Å². The maximum absolute atomic E-state index is 10.6. The number of carboxylic acid groups (broad SMARTS) is 1. The molecule has 0 aliphatic carbocycles. The molecular weight excluding hydrogens is 246 g/mol. The molecule has 0 aliphatic rings. The van der Waals surface area contributed by atoms with Gasteiger partial charge in [-0.05, 0) is 25.1 Å². The standard InChI is InChI=1S/C14H21NO4/c1-4-5-10-6-11(8-15(2)9-13(16)17)14(18)12(7-10)19-3/h6-7,18H,4-5,8-9H2,1-3H3,(H,16,17). The van der Waals surface area contributed by atoms with Crippen molar-refractivity contribution in [2.75, 3.05) is 20.7 Å². The second-order valence-corrected chi connectivity index (χ2v) is 4.62. The highest BCUT2D eigenvalue weighted by Crippen LogP contribution is 2.32. The number of ether oxygens (including phenoxy) is 1. The number of benzene rings is 1. The molecule has 0 amide bonds. The van der Waals surface area contributed by atoms with Crippen molar-refractivity contribution in [1.29, 1.82) is 0 Å². The van der Waals surface area contributed by atoms with Crippen molar-refractivity contribution in [2.45, 2.75) is 26.3 Å². The third kappa shape index (κ3) is 4.44. The zero-order valence-electron chi connectivity index (χ0n) is 11.6. The van der Waals surface area contributed by atoms with Gasteiger partial charge in [-0.3, -0.25) is 9.69 Å². The van der Waals surface area contributed by atoms with Crippen LogP contribution in [0.5, 0.6) is 11.5 Å². The molecule has 0 atom stereocenters. The number of aromatic hydroxyl groups is 1. The van der Waals surface area contributed by atoms with E-state index in [-0.39, 0.29) is 12.3 Å². The van der Waals surface area contributed by atoms with Crippen LogP contribution in [0.3, 0.4) is 0 Å². The number of hydrogen-bond donors (Lipinski definition) is 2. The van der Waals surface area contributed by atoms with Gasteiger partial charge >= 0.3 is 5.97 Å². The Kier molecular flexibility index (Phi) is 5.63. The Hall–Kier alpha value is -1.75. The van der Waals surface area contributed by atoms with Crippen LogP contribution in [0, 0.1) is 0 Å². The number of phenolic OH excluding ortho intramolecular Hbond substituents is 1. The van der Waals surface area contributed by atoms with Gasteiger partial charge in [0.15, 0.2) is 11.5 Å². The first kappa shape index (κ1) is 15.3. The molecule has 0 unspecified atom stereocenters. The van der Waals surface area contributed by atoms with Gasteiger partial charge in [0.1, 0.15) is 0 Å². The van der Waals surface area contributed by atoms with Crippen LogP contribution in [0.15, 0.2) is 12.1 Å². The molecule has 1 aromatic rings. The largest absolute Gasteiger partial charge is 0.504 e. The number of nitrogens with zero attached hydrogens (tertiary/aromatic N) is 1. The van der Waals surface area contributed by atoms with Crippen LogP contribution in [0.1, 0.15) is 24.5 Å². The summed E-state index contributed by atoms with van der Waals surface area (Å²) in [6.07, 6.45) is 1.89. The summed E-state index contributed by atoms with van der Waals surface area (Å²) < 4.78 is 5.15. The fourth-order valence-electron chi connectivity index (χ4n) is 2.02. The summed E-state index contributed by atoms with van der Waals surface area (Å²) in [6.45, 7) is 2.38. The van der Waals surface area contributed by atoms with Crippen molar-refractivity contribution in [2.24, 2.45) is 0 Å². The summed E-state index contributed by atoms with van der Waals surface area (Å²) in [5.74, 6) is -0.372. The normalized spacial score (nSPS) is 10.7. The molecule has 0 spiro atoms. The number of aliphatic carboxylic acids is 1. The van der Waals surface area contributed by atoms with Gasteiger partial charge in [0.25, 0.3) is 0 Å². The molecule has 5 heteroatoms. The number of carbonyl (C=O) groups is 1. The lowest BCUT2D eigenvalue weighted by Gasteiger charge is -2.17. The molecule has 1 rings (SSSR count). The lowest BCUT2D eigenvalue weighted by atomic mass is 10.0. The highest BCUT2D eigenvalue weighted by atomic mass is 16.5. The summed E-state index contributed by atoms with van der Waals surface area (Å²) in [4.78, 5) is 12.3. The Balaban J connectivity index is 2.97. The third-order valence-electron chi connectivity index (χ3n) is 2.82. The average Bonchev–Trinajstić information content (AvgIpc) is 2.32. The van der Waals surface area contributed by atoms with E-state index in [1.165, 1.54) is 7.11 Å². The monoisotopic (exact) mass is 267 g/mol. The first-order valence-electron chi connectivity index (χ1n) is 6.27. The molecule has 2 N–H and O–H groups in total. The highest BCUT2D eigenvalue weighted by molar-refractivity contribution is 5.69. The number of likely N-dealkylation sites (N-methyl/N-ethyl adjacent to an activating group) is 1. The van der Waals surface area contributed by atoms with Crippen molar-refractivity contribution in [3.63, 3.8) is 0 Å². The van der Waals surface area contributed by atoms with E-state index in [9.17, 15) is 9.90 Å². The number of phenols is 1. The molecule has 19 heavy (non-hydrogen) atoms. The van der Waals surface area contributed by atoms with Crippen molar-refractivity contribution in [3.05, 3.63) is 23.3 Å². The minimum atomic E-state index is -0.890. The SMILES string of the molecule is CCCc1cc(CN(C)CC(=O)O)c(O)c(OC)c1. The number of methoxy groups -OCH3 is 1. The van der Waals surface area contributed by atoms with E-state index >= 15 is 0 Å². The van der Waals surface area contributed by atoms with Crippen LogP contribution >= 0.6 is 0 Å². The Bertz CT molecular complexity index is 445. The van der Waals surface area contributed by atoms with Crippen LogP contribution in [0.25, 0.3) is 0 Å². The van der Waals surface area contributed by atoms with Gasteiger partial charge in [0, 0.05) is 12.1 Å². The van der Waals surface area contributed by atoms with Crippen molar-refractivity contribution in [1.82, 2.24) is 4.90 Å². The first-order chi connectivity index (χ1) is 8.97. The predicted octanol–water partition coefficient (Wildman–Crippen LogP) is 1.87. The Morgan fingerprint density at radius 2 is 2.11 bits per heavy atom. The quantitative estimate of drug-likeness (QED) is 0.789. The van der Waals surface area contributed by atoms with E-state index in [0.717, 1.165) is 18.4 Å². The van der Waals surface area contributed by atoms with Gasteiger partial charge in [-0.15, -0.1) is 0 Å². The minimum absolute atomic E-state index is 0.0697. The van der Waals surface area contributed by atoms with Gasteiger partial charge in [0.2, 0.25) is 0 Å². The van der Waals surface area contributed by atoms with Crippen LogP contribution in [-0.2, 0) is 17.8 Å². The molecule has 0 saturated carbocycles. The number of rotatable bonds is 7. The van der Waals surface area contributed by atoms with Crippen LogP contribution < -0.4 is 4.74 Å². The zero-order valence-corrected chi connectivity index (χ0v) is 11.6. The Morgan fingerprint density at radius 1 is 1.42 bits per heavy atom. The molecule has 0 saturated heterocycles. The summed E-state index contributed by atoms with van der Waals surface area (Å²) in [6, 6.07) is 3.72. The van der Waals surface area contributed by atoms with Crippen molar-refractivity contribution in [3.8, 4) is 11.5 Å². The predicted molar refractivity (Wildman–Crippen MR) is 72.6 cm³/mol. The first-order valence-corrected chi connectivity index (χ1v) is 6.27. The zero-order chi connectivity index (χ0) is 14.4. The van der Waals surface area contributed by atoms with E-state index in [2.05, 4.69) is 6.92 Å². The topological polar surface area (TPSA) is 70.0 Å². The van der Waals surface area contributed by atoms with Crippen LogP contribution in [-0.4, -0.2) is 41.8 Å². The number of hydrogen-bond acceptors (Lipinski definition) is 4. The molecule has 0 aliphatic heterocycles. The highest BCUT2D eigenvalue weighted by Gasteiger charge is 2.13. The maximum Gasteiger partial charge on any atom is 0.317 e. The maximum atomic E-state index is 10.6. The van der Waals surface area contributed by atoms with Gasteiger partial charge in [-0.1, -0.05) is 19.4 Å².